The summed E-state index contributed by atoms with van der Waals surface area (Å²) in [6.07, 6.45) is 3.19. The van der Waals surface area contributed by atoms with Gasteiger partial charge in [-0.2, -0.15) is 0 Å². The fraction of sp³-hybridized carbons (Fsp3) is 0.243. The molecule has 5 N–H and O–H groups in total. The quantitative estimate of drug-likeness (QED) is 0.0138. The zero-order valence-electron chi connectivity index (χ0n) is 79.0. The fourth-order valence-corrected chi connectivity index (χ4v) is 24.3. The highest BCUT2D eigenvalue weighted by atomic mass is 31.1. The molecule has 702 valence electrons. The average molecular weight is 1930 g/mol. The first kappa shape index (κ1) is 106. The maximum absolute atomic E-state index is 13.8. The average Bonchev–Trinajstić information content (AvgIpc) is 0.810. The molecule has 0 aliphatic heterocycles. The fourth-order valence-electron chi connectivity index (χ4n) is 14.8. The predicted octanol–water partition coefficient (Wildman–Crippen LogP) is 17.2. The number of aryl methyl sites for hydroxylation is 2. The van der Waals surface area contributed by atoms with Crippen LogP contribution in [0.2, 0.25) is 39.3 Å². The van der Waals surface area contributed by atoms with Gasteiger partial charge in [0.2, 0.25) is 0 Å². The Hall–Kier alpha value is -9.81. The molecular weight excluding hydrogens is 1800 g/mol. The molecule has 23 heteroatoms. The molecule has 0 fully saturated rings. The summed E-state index contributed by atoms with van der Waals surface area (Å²) in [4.78, 5) is 0. The predicted molar refractivity (Wildman–Crippen MR) is 567 cm³/mol. The van der Waals surface area contributed by atoms with E-state index in [-0.39, 0.29) is 81.4 Å². The van der Waals surface area contributed by atoms with E-state index in [0.29, 0.717) is 39.9 Å². The highest BCUT2D eigenvalue weighted by molar-refractivity contribution is 7.57. The molecular formula is C111H128FO15P5Si2. The van der Waals surface area contributed by atoms with Crippen LogP contribution in [-0.2, 0) is 82.4 Å². The van der Waals surface area contributed by atoms with Gasteiger partial charge in [0.05, 0.1) is 49.2 Å². The summed E-state index contributed by atoms with van der Waals surface area (Å²) >= 11 is 0. The van der Waals surface area contributed by atoms with E-state index in [2.05, 4.69) is 228 Å². The lowest BCUT2D eigenvalue weighted by atomic mass is 9.98. The van der Waals surface area contributed by atoms with Crippen molar-refractivity contribution in [3.05, 3.63) is 399 Å². The minimum absolute atomic E-state index is 0.0436. The van der Waals surface area contributed by atoms with Crippen LogP contribution in [0.5, 0.6) is 28.7 Å². The maximum Gasteiger partial charge on any atom is 0.188 e. The summed E-state index contributed by atoms with van der Waals surface area (Å²) in [5.41, 5.74) is 16.4. The molecule has 0 aliphatic rings. The second kappa shape index (κ2) is 56.0. The van der Waals surface area contributed by atoms with E-state index in [1.54, 1.807) is 41.6 Å². The van der Waals surface area contributed by atoms with E-state index in [4.69, 9.17) is 47.4 Å². The zero-order valence-corrected chi connectivity index (χ0v) is 86.0. The standard InChI is InChI=1S/C29H28FO3P.2C23H25O3P.2C18H25O3PSi/c1-32-20-33-29-24(15-22-10-6-3-7-11-22)16-23(14-21-8-4-2-5-9-21)17-28(29)34-27-13-12-26(30)18-25(27)19-31;1-17-8-6-12-20(15-24)23(17)27-21-13-7-11-19(22(21)26-16-25-2)14-18-9-4-3-5-10-18;1-17-8-11-22(20(12-17)15-24)27-23-14-19(9-10-21(23)26-16-25-2)13-18-6-4-3-5-7-18;1-20-13-21-18-16(10-7-11-17(18)23(2,3)4)22-15-9-6-5-8-14(15)12-19;1-20-13-21-16-10-9-15(23(2,3)4)11-18(16)22-17-8-6-5-7-14(17)12-19/h2-13,16-18,31,34H,14-15,19-20H2,1H3;3-13,24,27H,14-16H2,1-2H3;3-12,14,24,27H,13,15-16H2,1-2H3;2*5-11,19,22H,12-13H2,1-4H3. The molecule has 5 unspecified atom stereocenters. The Morgan fingerprint density at radius 1 is 0.261 bits per heavy atom. The van der Waals surface area contributed by atoms with Gasteiger partial charge in [-0.3, -0.25) is 0 Å². The molecule has 14 aromatic carbocycles. The van der Waals surface area contributed by atoms with E-state index in [1.165, 1.54) is 77.4 Å². The molecule has 134 heavy (non-hydrogen) atoms. The second-order valence-electron chi connectivity index (χ2n) is 33.9. The van der Waals surface area contributed by atoms with Gasteiger partial charge in [-0.05, 0) is 173 Å². The molecule has 0 amide bonds. The Morgan fingerprint density at radius 2 is 0.642 bits per heavy atom. The molecule has 0 radical (unpaired) electrons. The van der Waals surface area contributed by atoms with Crippen molar-refractivity contribution in [2.45, 2.75) is 112 Å². The Balaban J connectivity index is 0.000000175. The van der Waals surface area contributed by atoms with Gasteiger partial charge in [0.15, 0.2) is 34.0 Å². The van der Waals surface area contributed by atoms with Crippen LogP contribution >= 0.6 is 42.9 Å². The largest absolute Gasteiger partial charge is 0.467 e. The Morgan fingerprint density at radius 3 is 1.16 bits per heavy atom. The van der Waals surface area contributed by atoms with Crippen molar-refractivity contribution in [3.63, 3.8) is 0 Å². The highest BCUT2D eigenvalue weighted by Gasteiger charge is 2.26. The normalized spacial score (nSPS) is 11.5. The van der Waals surface area contributed by atoms with Crippen LogP contribution in [0.1, 0.15) is 83.5 Å². The van der Waals surface area contributed by atoms with Gasteiger partial charge in [0.1, 0.15) is 34.6 Å². The second-order valence-corrected chi connectivity index (χ2v) is 50.6. The first-order valence-corrected chi connectivity index (χ1v) is 56.5. The molecule has 0 saturated carbocycles. The van der Waals surface area contributed by atoms with Crippen molar-refractivity contribution in [3.8, 4) is 28.7 Å². The SMILES string of the molecule is COCOc1c(Cc2ccccc2)cc(Cc2ccccc2)cc1Pc1ccc(F)cc1CO.COCOc1c(Cc2ccccc2)cccc1Pc1c(C)cccc1CO.COCOc1c(Pc2ccccc2CO)cccc1[Si](C)(C)C.COCOc1ccc(Cc2ccccc2)cc1Pc1ccc(C)cc1CO.COCOc1ccc([Si](C)(C)C)cc1Pc1ccccc1CO. The lowest BCUT2D eigenvalue weighted by molar-refractivity contribution is 0.0511. The molecule has 15 nitrogen and oxygen atoms in total. The lowest BCUT2D eigenvalue weighted by Crippen LogP contribution is -2.40. The lowest BCUT2D eigenvalue weighted by Gasteiger charge is -2.23. The topological polar surface area (TPSA) is 193 Å². The molecule has 14 aromatic rings. The van der Waals surface area contributed by atoms with E-state index < -0.39 is 16.1 Å². The Labute approximate surface area is 803 Å². The van der Waals surface area contributed by atoms with Gasteiger partial charge in [0.25, 0.3) is 0 Å². The number of aliphatic hydroxyl groups excluding tert-OH is 5. The number of para-hydroxylation sites is 2. The number of hydrogen-bond donors (Lipinski definition) is 5. The smallest absolute Gasteiger partial charge is 0.188 e. The summed E-state index contributed by atoms with van der Waals surface area (Å²) in [5, 5.41) is 62.2. The van der Waals surface area contributed by atoms with Crippen LogP contribution in [0.15, 0.2) is 309 Å². The number of rotatable bonds is 40. The minimum atomic E-state index is -1.52. The van der Waals surface area contributed by atoms with E-state index in [0.717, 1.165) is 131 Å². The molecule has 0 aliphatic carbocycles. The monoisotopic (exact) mass is 1930 g/mol. The molecule has 5 atom stereocenters. The number of hydrogen-bond acceptors (Lipinski definition) is 15. The number of ether oxygens (including phenoxy) is 10. The Kier molecular flexibility index (Phi) is 44.4. The number of aliphatic hydroxyl groups is 5. The molecule has 14 rings (SSSR count). The number of methoxy groups -OCH3 is 5. The van der Waals surface area contributed by atoms with Crippen molar-refractivity contribution in [2.24, 2.45) is 0 Å². The van der Waals surface area contributed by atoms with Crippen molar-refractivity contribution >= 4 is 122 Å². The maximum atomic E-state index is 13.8. The third-order valence-electron chi connectivity index (χ3n) is 21.6. The molecule has 0 saturated heterocycles. The first-order valence-electron chi connectivity index (χ1n) is 44.5. The highest BCUT2D eigenvalue weighted by Crippen LogP contribution is 2.34. The van der Waals surface area contributed by atoms with Gasteiger partial charge in [0, 0.05) is 74.9 Å². The van der Waals surface area contributed by atoms with Crippen molar-refractivity contribution in [1.82, 2.24) is 0 Å². The third kappa shape index (κ3) is 33.3. The van der Waals surface area contributed by atoms with E-state index >= 15 is 0 Å². The summed E-state index contributed by atoms with van der Waals surface area (Å²) in [6.45, 7) is 19.1. The van der Waals surface area contributed by atoms with Crippen LogP contribution in [0.25, 0.3) is 0 Å². The van der Waals surface area contributed by atoms with Gasteiger partial charge in [-0.25, -0.2) is 4.39 Å². The Bertz CT molecular complexity index is 5880. The van der Waals surface area contributed by atoms with Crippen molar-refractivity contribution in [1.29, 1.82) is 0 Å². The van der Waals surface area contributed by atoms with Crippen LogP contribution < -0.4 is 87.1 Å². The van der Waals surface area contributed by atoms with Gasteiger partial charge >= 0.3 is 0 Å². The van der Waals surface area contributed by atoms with Crippen LogP contribution in [0.3, 0.4) is 0 Å². The molecule has 0 aromatic heterocycles. The molecule has 0 bridgehead atoms. The summed E-state index contributed by atoms with van der Waals surface area (Å²) in [5.74, 6) is 3.97. The summed E-state index contributed by atoms with van der Waals surface area (Å²) in [7, 11) is 7.11. The number of benzene rings is 14. The minimum Gasteiger partial charge on any atom is -0.467 e. The number of halogens is 1. The van der Waals surface area contributed by atoms with Crippen molar-refractivity contribution in [2.75, 3.05) is 69.5 Å². The van der Waals surface area contributed by atoms with Gasteiger partial charge < -0.3 is 72.9 Å². The molecule has 0 spiro atoms. The van der Waals surface area contributed by atoms with Crippen LogP contribution in [-0.4, -0.2) is 111 Å². The third-order valence-corrected chi connectivity index (χ3v) is 32.9. The zero-order chi connectivity index (χ0) is 95.6. The first-order chi connectivity index (χ1) is 65.0. The summed E-state index contributed by atoms with van der Waals surface area (Å²) < 4.78 is 69.0. The van der Waals surface area contributed by atoms with E-state index in [1.807, 2.05) is 116 Å². The summed E-state index contributed by atoms with van der Waals surface area (Å²) in [6, 6.07) is 104. The van der Waals surface area contributed by atoms with Crippen molar-refractivity contribution < 1.29 is 77.3 Å². The van der Waals surface area contributed by atoms with Gasteiger partial charge in [-0.1, -0.05) is 366 Å². The van der Waals surface area contributed by atoms with E-state index in [9.17, 15) is 29.9 Å². The van der Waals surface area contributed by atoms with Gasteiger partial charge in [-0.15, -0.1) is 0 Å². The molecule has 0 heterocycles. The van der Waals surface area contributed by atoms with Crippen LogP contribution in [0, 0.1) is 19.7 Å². The van der Waals surface area contributed by atoms with Crippen LogP contribution in [0.4, 0.5) is 4.39 Å².